The van der Waals surface area contributed by atoms with Crippen LogP contribution in [-0.4, -0.2) is 34.2 Å². The Hall–Kier alpha value is -1.85. The molecule has 0 spiro atoms. The van der Waals surface area contributed by atoms with Gasteiger partial charge in [0.1, 0.15) is 6.04 Å². The third-order valence-corrected chi connectivity index (χ3v) is 4.47. The Morgan fingerprint density at radius 1 is 1.45 bits per heavy atom. The molecule has 1 aromatic carbocycles. The van der Waals surface area contributed by atoms with Crippen LogP contribution in [0.25, 0.3) is 0 Å². The summed E-state index contributed by atoms with van der Waals surface area (Å²) in [5.41, 5.74) is 3.18. The van der Waals surface area contributed by atoms with Crippen molar-refractivity contribution in [1.82, 2.24) is 20.0 Å². The van der Waals surface area contributed by atoms with Gasteiger partial charge >= 0.3 is 0 Å². The van der Waals surface area contributed by atoms with E-state index in [9.17, 15) is 4.79 Å². The minimum absolute atomic E-state index is 0.0705. The third kappa shape index (κ3) is 2.74. The molecule has 0 saturated carbocycles. The van der Waals surface area contributed by atoms with Gasteiger partial charge in [-0.3, -0.25) is 9.48 Å². The van der Waals surface area contributed by atoms with Crippen molar-refractivity contribution in [3.63, 3.8) is 0 Å². The van der Waals surface area contributed by atoms with Gasteiger partial charge in [0.25, 0.3) is 0 Å². The van der Waals surface area contributed by atoms with E-state index in [2.05, 4.69) is 10.4 Å². The number of likely N-dealkylation sites (N-methyl/N-ethyl adjacent to an activating group) is 1. The highest BCUT2D eigenvalue weighted by atomic mass is 35.5. The van der Waals surface area contributed by atoms with Crippen molar-refractivity contribution in [3.05, 3.63) is 52.3 Å². The second kappa shape index (κ2) is 6.10. The van der Waals surface area contributed by atoms with Gasteiger partial charge in [0.2, 0.25) is 5.91 Å². The van der Waals surface area contributed by atoms with Crippen molar-refractivity contribution >= 4 is 17.5 Å². The zero-order chi connectivity index (χ0) is 15.7. The fourth-order valence-corrected chi connectivity index (χ4v) is 3.24. The van der Waals surface area contributed by atoms with E-state index in [-0.39, 0.29) is 11.9 Å². The number of fused-ring (bicyclic) bond motifs is 1. The first kappa shape index (κ1) is 15.1. The Balaban J connectivity index is 1.81. The number of amides is 1. The van der Waals surface area contributed by atoms with E-state index < -0.39 is 0 Å². The van der Waals surface area contributed by atoms with Crippen molar-refractivity contribution < 1.29 is 4.79 Å². The molecule has 5 nitrogen and oxygen atoms in total. The summed E-state index contributed by atoms with van der Waals surface area (Å²) in [7, 11) is 3.64. The maximum atomic E-state index is 12.8. The molecule has 116 valence electrons. The van der Waals surface area contributed by atoms with E-state index in [1.165, 1.54) is 0 Å². The smallest absolute Gasteiger partial charge is 0.244 e. The summed E-state index contributed by atoms with van der Waals surface area (Å²) in [6.45, 7) is 1.29. The number of carbonyl (C=O) groups is 1. The Labute approximate surface area is 134 Å². The average molecular weight is 319 g/mol. The number of hydrogen-bond donors (Lipinski definition) is 1. The molecule has 1 unspecified atom stereocenters. The molecular weight excluding hydrogens is 300 g/mol. The van der Waals surface area contributed by atoms with E-state index >= 15 is 0 Å². The highest BCUT2D eigenvalue weighted by molar-refractivity contribution is 6.31. The summed E-state index contributed by atoms with van der Waals surface area (Å²) in [5.74, 6) is 0.0705. The van der Waals surface area contributed by atoms with Gasteiger partial charge in [-0.2, -0.15) is 5.10 Å². The van der Waals surface area contributed by atoms with Crippen molar-refractivity contribution in [1.29, 1.82) is 0 Å². The highest BCUT2D eigenvalue weighted by Gasteiger charge is 2.28. The minimum atomic E-state index is -0.366. The number of nitrogens with zero attached hydrogens (tertiary/aromatic N) is 3. The van der Waals surface area contributed by atoms with Gasteiger partial charge in [-0.15, -0.1) is 0 Å². The molecule has 6 heteroatoms. The number of aryl methyl sites for hydroxylation is 1. The number of aromatic nitrogens is 2. The number of rotatable bonds is 3. The molecule has 3 rings (SSSR count). The summed E-state index contributed by atoms with van der Waals surface area (Å²) < 4.78 is 1.71. The van der Waals surface area contributed by atoms with Crippen LogP contribution in [0.15, 0.2) is 30.6 Å². The quantitative estimate of drug-likeness (QED) is 0.940. The Bertz CT molecular complexity index is 697. The number of carbonyl (C=O) groups excluding carboxylic acids is 1. The summed E-state index contributed by atoms with van der Waals surface area (Å²) in [6, 6.07) is 5.52. The van der Waals surface area contributed by atoms with Crippen LogP contribution in [0.2, 0.25) is 5.02 Å². The average Bonchev–Trinajstić information content (AvgIpc) is 2.94. The molecule has 1 atom stereocenters. The van der Waals surface area contributed by atoms with E-state index in [0.717, 1.165) is 28.1 Å². The predicted molar refractivity (Wildman–Crippen MR) is 85.6 cm³/mol. The molecule has 0 aliphatic carbocycles. The molecule has 2 heterocycles. The molecule has 1 aliphatic rings. The fourth-order valence-electron chi connectivity index (χ4n) is 2.96. The highest BCUT2D eigenvalue weighted by Crippen LogP contribution is 2.27. The van der Waals surface area contributed by atoms with E-state index in [4.69, 9.17) is 11.6 Å². The molecule has 1 aromatic heterocycles. The van der Waals surface area contributed by atoms with Gasteiger partial charge in [0.15, 0.2) is 0 Å². The first-order valence-corrected chi connectivity index (χ1v) is 7.69. The van der Waals surface area contributed by atoms with Gasteiger partial charge in [0, 0.05) is 36.9 Å². The Morgan fingerprint density at radius 2 is 2.27 bits per heavy atom. The van der Waals surface area contributed by atoms with E-state index in [1.54, 1.807) is 17.9 Å². The largest absolute Gasteiger partial charge is 0.336 e. The lowest BCUT2D eigenvalue weighted by Gasteiger charge is -2.32. The normalized spacial score (nSPS) is 15.5. The molecule has 1 aliphatic heterocycles. The Kier molecular flexibility index (Phi) is 4.18. The molecule has 1 N–H and O–H groups in total. The van der Waals surface area contributed by atoms with Crippen molar-refractivity contribution in [2.24, 2.45) is 7.05 Å². The number of benzene rings is 1. The van der Waals surface area contributed by atoms with Crippen LogP contribution >= 0.6 is 11.6 Å². The first-order chi connectivity index (χ1) is 10.6. The standard InChI is InChI=1S/C16H19ClN4O/c1-18-15(12-8-19-20(2)9-12)16(22)21-7-6-13-11(10-21)4-3-5-14(13)17/h3-5,8-9,15,18H,6-7,10H2,1-2H3. The van der Waals surface area contributed by atoms with Gasteiger partial charge in [-0.05, 0) is 30.7 Å². The van der Waals surface area contributed by atoms with Crippen LogP contribution in [0, 0.1) is 0 Å². The first-order valence-electron chi connectivity index (χ1n) is 7.31. The summed E-state index contributed by atoms with van der Waals surface area (Å²) in [5, 5.41) is 8.04. The zero-order valence-electron chi connectivity index (χ0n) is 12.7. The molecule has 0 radical (unpaired) electrons. The monoisotopic (exact) mass is 318 g/mol. The number of halogens is 1. The van der Waals surface area contributed by atoms with Gasteiger partial charge in [-0.1, -0.05) is 23.7 Å². The van der Waals surface area contributed by atoms with Crippen molar-refractivity contribution in [3.8, 4) is 0 Å². The van der Waals surface area contributed by atoms with Gasteiger partial charge < -0.3 is 10.2 Å². The third-order valence-electron chi connectivity index (χ3n) is 4.11. The summed E-state index contributed by atoms with van der Waals surface area (Å²) >= 11 is 6.23. The summed E-state index contributed by atoms with van der Waals surface area (Å²) in [4.78, 5) is 14.7. The maximum Gasteiger partial charge on any atom is 0.244 e. The van der Waals surface area contributed by atoms with Crippen LogP contribution in [0.1, 0.15) is 22.7 Å². The van der Waals surface area contributed by atoms with Crippen LogP contribution < -0.4 is 5.32 Å². The lowest BCUT2D eigenvalue weighted by atomic mass is 9.98. The van der Waals surface area contributed by atoms with Crippen molar-refractivity contribution in [2.75, 3.05) is 13.6 Å². The number of nitrogens with one attached hydrogen (secondary N) is 1. The molecule has 0 fully saturated rings. The zero-order valence-corrected chi connectivity index (χ0v) is 13.5. The van der Waals surface area contributed by atoms with Crippen LogP contribution in [0.5, 0.6) is 0 Å². The molecule has 22 heavy (non-hydrogen) atoms. The van der Waals surface area contributed by atoms with Crippen molar-refractivity contribution in [2.45, 2.75) is 19.0 Å². The predicted octanol–water partition coefficient (Wildman–Crippen LogP) is 1.92. The second-order valence-electron chi connectivity index (χ2n) is 5.56. The number of hydrogen-bond acceptors (Lipinski definition) is 3. The molecule has 1 amide bonds. The molecular formula is C16H19ClN4O. The Morgan fingerprint density at radius 3 is 2.95 bits per heavy atom. The van der Waals surface area contributed by atoms with Crippen LogP contribution in [-0.2, 0) is 24.8 Å². The van der Waals surface area contributed by atoms with E-state index in [1.807, 2.05) is 36.3 Å². The molecule has 0 bridgehead atoms. The van der Waals surface area contributed by atoms with Crippen LogP contribution in [0.3, 0.4) is 0 Å². The lowest BCUT2D eigenvalue weighted by molar-refractivity contribution is -0.134. The molecule has 0 saturated heterocycles. The van der Waals surface area contributed by atoms with Crippen LogP contribution in [0.4, 0.5) is 0 Å². The van der Waals surface area contributed by atoms with Gasteiger partial charge in [0.05, 0.1) is 6.20 Å². The van der Waals surface area contributed by atoms with E-state index in [0.29, 0.717) is 13.1 Å². The molecule has 2 aromatic rings. The topological polar surface area (TPSA) is 50.2 Å². The lowest BCUT2D eigenvalue weighted by Crippen LogP contribution is -2.42. The fraction of sp³-hybridized carbons (Fsp3) is 0.375. The van der Waals surface area contributed by atoms with Gasteiger partial charge in [-0.25, -0.2) is 0 Å². The maximum absolute atomic E-state index is 12.8. The summed E-state index contributed by atoms with van der Waals surface area (Å²) in [6.07, 6.45) is 4.39. The SMILES string of the molecule is CNC(C(=O)N1CCc2c(Cl)cccc2C1)c1cnn(C)c1. The minimum Gasteiger partial charge on any atom is -0.336 e. The second-order valence-corrected chi connectivity index (χ2v) is 5.96.